The molecule has 0 saturated heterocycles. The number of rotatable bonds is 17. The van der Waals surface area contributed by atoms with E-state index in [1.54, 1.807) is 36.0 Å². The summed E-state index contributed by atoms with van der Waals surface area (Å²) in [5.74, 6) is 0.646. The van der Waals surface area contributed by atoms with Crippen molar-refractivity contribution in [2.45, 2.75) is 83.6 Å². The van der Waals surface area contributed by atoms with E-state index in [0.717, 1.165) is 95.4 Å². The minimum Gasteiger partial charge on any atom is -0.310 e. The molecule has 0 spiro atoms. The summed E-state index contributed by atoms with van der Waals surface area (Å²) in [4.78, 5) is 7.44. The van der Waals surface area contributed by atoms with Crippen LogP contribution < -0.4 is 9.80 Å². The summed E-state index contributed by atoms with van der Waals surface area (Å²) in [5, 5.41) is 0. The molecule has 1 aliphatic rings. The topological polar surface area (TPSA) is 6.48 Å². The summed E-state index contributed by atoms with van der Waals surface area (Å²) in [7, 11) is 0. The van der Waals surface area contributed by atoms with E-state index in [0.29, 0.717) is 9.79 Å². The first-order valence-electron chi connectivity index (χ1n) is 20.8. The fourth-order valence-corrected chi connectivity index (χ4v) is 11.0. The first-order valence-corrected chi connectivity index (χ1v) is 24.7. The Hall–Kier alpha value is -4.31. The van der Waals surface area contributed by atoms with Gasteiger partial charge in [-0.2, -0.15) is 39.5 Å². The van der Waals surface area contributed by atoms with Crippen molar-refractivity contribution in [3.63, 3.8) is 0 Å². The quantitative estimate of drug-likeness (QED) is 0.0659. The van der Waals surface area contributed by atoms with E-state index in [1.807, 2.05) is 59.5 Å². The van der Waals surface area contributed by atoms with Gasteiger partial charge in [-0.3, -0.25) is 0 Å². The number of anilines is 6. The molecule has 6 aromatic carbocycles. The standard InChI is InChI=1S/C50H45F9N2S4/c1-4-62-39-15-5-33(6-16-39)60(34-7-17-40(18-8-34)63-28-25-48(51,52)53)37-13-23-43-44-24-14-38(32-46(44)47(2,3)45(43)31-37)61(35-9-19-41(20-10-35)64-29-26-49(54,55)56)36-11-21-42(22-12-36)65-30-27-50(57,58)59/h5-24,31-32H,4,25-30H2,1-3H3. The Bertz CT molecular complexity index is 2460. The van der Waals surface area contributed by atoms with Gasteiger partial charge in [-0.1, -0.05) is 32.9 Å². The van der Waals surface area contributed by atoms with Gasteiger partial charge in [-0.15, -0.1) is 47.0 Å². The highest BCUT2D eigenvalue weighted by atomic mass is 32.2. The van der Waals surface area contributed by atoms with E-state index in [9.17, 15) is 39.5 Å². The van der Waals surface area contributed by atoms with Crippen molar-refractivity contribution in [1.29, 1.82) is 0 Å². The number of alkyl halides is 9. The second-order valence-corrected chi connectivity index (χ2v) is 20.6. The minimum absolute atomic E-state index is 0.0668. The van der Waals surface area contributed by atoms with Crippen molar-refractivity contribution >= 4 is 81.2 Å². The lowest BCUT2D eigenvalue weighted by molar-refractivity contribution is -0.130. The Balaban J connectivity index is 1.22. The van der Waals surface area contributed by atoms with Crippen LogP contribution in [0.25, 0.3) is 11.1 Å². The van der Waals surface area contributed by atoms with Gasteiger partial charge in [0, 0.05) is 76.4 Å². The van der Waals surface area contributed by atoms with Crippen LogP contribution in [0.15, 0.2) is 153 Å². The summed E-state index contributed by atoms with van der Waals surface area (Å²) in [6, 6.07) is 43.1. The number of hydrogen-bond donors (Lipinski definition) is 0. The summed E-state index contributed by atoms with van der Waals surface area (Å²) < 4.78 is 116. The number of halogens is 9. The molecule has 0 unspecified atom stereocenters. The highest BCUT2D eigenvalue weighted by Gasteiger charge is 2.37. The van der Waals surface area contributed by atoms with Crippen LogP contribution in [0.4, 0.5) is 73.6 Å². The molecule has 0 amide bonds. The summed E-state index contributed by atoms with van der Waals surface area (Å²) >= 11 is 5.16. The smallest absolute Gasteiger partial charge is 0.310 e. The molecule has 0 aromatic heterocycles. The third-order valence-corrected chi connectivity index (χ3v) is 14.7. The van der Waals surface area contributed by atoms with Crippen LogP contribution in [0.2, 0.25) is 0 Å². The molecule has 0 aliphatic heterocycles. The molecule has 0 bridgehead atoms. The normalized spacial score (nSPS) is 13.4. The predicted molar refractivity (Wildman–Crippen MR) is 254 cm³/mol. The van der Waals surface area contributed by atoms with Crippen molar-refractivity contribution in [2.24, 2.45) is 0 Å². The second-order valence-electron chi connectivity index (χ2n) is 15.8. The SMILES string of the molecule is CCSc1ccc(N(c2ccc(SCCC(F)(F)F)cc2)c2ccc3c(c2)C(C)(C)c2cc(N(c4ccc(SCCC(F)(F)F)cc4)c4ccc(SCCC(F)(F)F)cc4)ccc2-3)cc1. The maximum absolute atomic E-state index is 12.9. The zero-order chi connectivity index (χ0) is 46.6. The maximum atomic E-state index is 12.9. The summed E-state index contributed by atoms with van der Waals surface area (Å²) in [6.07, 6.45) is -15.4. The van der Waals surface area contributed by atoms with Crippen molar-refractivity contribution in [1.82, 2.24) is 0 Å². The van der Waals surface area contributed by atoms with E-state index in [1.165, 1.54) is 11.8 Å². The molecule has 7 rings (SSSR count). The van der Waals surface area contributed by atoms with Crippen molar-refractivity contribution in [3.8, 4) is 11.1 Å². The average molecular weight is 973 g/mol. The number of fused-ring (bicyclic) bond motifs is 3. The highest BCUT2D eigenvalue weighted by Crippen LogP contribution is 2.53. The minimum atomic E-state index is -4.25. The lowest BCUT2D eigenvalue weighted by Crippen LogP contribution is -2.17. The van der Waals surface area contributed by atoms with Crippen LogP contribution in [-0.2, 0) is 5.41 Å². The highest BCUT2D eigenvalue weighted by molar-refractivity contribution is 8.00. The third-order valence-electron chi connectivity index (χ3n) is 10.8. The molecular weight excluding hydrogens is 928 g/mol. The fourth-order valence-electron chi connectivity index (χ4n) is 7.67. The van der Waals surface area contributed by atoms with Crippen molar-refractivity contribution in [2.75, 3.05) is 32.8 Å². The van der Waals surface area contributed by atoms with Gasteiger partial charge in [-0.25, -0.2) is 0 Å². The van der Waals surface area contributed by atoms with Crippen molar-refractivity contribution in [3.05, 3.63) is 145 Å². The van der Waals surface area contributed by atoms with E-state index in [4.69, 9.17) is 0 Å². The fraction of sp³-hybridized carbons (Fsp3) is 0.280. The summed E-state index contributed by atoms with van der Waals surface area (Å²) in [5.41, 5.74) is 8.79. The first kappa shape index (κ1) is 48.6. The van der Waals surface area contributed by atoms with Gasteiger partial charge in [0.15, 0.2) is 0 Å². The molecule has 0 fully saturated rings. The van der Waals surface area contributed by atoms with Crippen LogP contribution in [-0.4, -0.2) is 41.5 Å². The number of benzene rings is 6. The van der Waals surface area contributed by atoms with Gasteiger partial charge in [0.2, 0.25) is 0 Å². The Morgan fingerprint density at radius 3 is 0.908 bits per heavy atom. The number of hydrogen-bond acceptors (Lipinski definition) is 6. The zero-order valence-electron chi connectivity index (χ0n) is 35.6. The lowest BCUT2D eigenvalue weighted by Gasteiger charge is -2.29. The van der Waals surface area contributed by atoms with E-state index >= 15 is 0 Å². The molecule has 65 heavy (non-hydrogen) atoms. The van der Waals surface area contributed by atoms with Gasteiger partial charge >= 0.3 is 18.5 Å². The van der Waals surface area contributed by atoms with Gasteiger partial charge in [-0.05, 0) is 149 Å². The zero-order valence-corrected chi connectivity index (χ0v) is 38.8. The van der Waals surface area contributed by atoms with Gasteiger partial charge in [0.1, 0.15) is 0 Å². The molecule has 0 heterocycles. The maximum Gasteiger partial charge on any atom is 0.389 e. The molecule has 0 radical (unpaired) electrons. The Kier molecular flexibility index (Phi) is 15.2. The molecule has 0 saturated carbocycles. The average Bonchev–Trinajstić information content (AvgIpc) is 3.47. The molecule has 342 valence electrons. The van der Waals surface area contributed by atoms with E-state index in [2.05, 4.69) is 80.3 Å². The van der Waals surface area contributed by atoms with Crippen LogP contribution >= 0.6 is 47.0 Å². The van der Waals surface area contributed by atoms with Gasteiger partial charge in [0.25, 0.3) is 0 Å². The molecule has 15 heteroatoms. The van der Waals surface area contributed by atoms with E-state index < -0.39 is 43.2 Å². The number of thioether (sulfide) groups is 4. The van der Waals surface area contributed by atoms with Crippen LogP contribution in [0, 0.1) is 0 Å². The summed E-state index contributed by atoms with van der Waals surface area (Å²) in [6.45, 7) is 6.44. The molecule has 2 nitrogen and oxygen atoms in total. The monoisotopic (exact) mass is 972 g/mol. The Labute approximate surface area is 390 Å². The molecular formula is C50H45F9N2S4. The van der Waals surface area contributed by atoms with Crippen LogP contribution in [0.3, 0.4) is 0 Å². The Morgan fingerprint density at radius 1 is 0.385 bits per heavy atom. The molecule has 6 aromatic rings. The van der Waals surface area contributed by atoms with Gasteiger partial charge < -0.3 is 9.80 Å². The number of nitrogens with zero attached hydrogens (tertiary/aromatic N) is 2. The van der Waals surface area contributed by atoms with Crippen LogP contribution in [0.1, 0.15) is 51.2 Å². The predicted octanol–water partition coefficient (Wildman–Crippen LogP) is 18.2. The molecule has 0 N–H and O–H groups in total. The van der Waals surface area contributed by atoms with E-state index in [-0.39, 0.29) is 17.3 Å². The lowest BCUT2D eigenvalue weighted by atomic mass is 9.82. The van der Waals surface area contributed by atoms with Gasteiger partial charge in [0.05, 0.1) is 19.3 Å². The molecule has 0 atom stereocenters. The molecule has 1 aliphatic carbocycles. The van der Waals surface area contributed by atoms with Crippen LogP contribution in [0.5, 0.6) is 0 Å². The van der Waals surface area contributed by atoms with Crippen molar-refractivity contribution < 1.29 is 39.5 Å². The first-order chi connectivity index (χ1) is 30.8. The Morgan fingerprint density at radius 2 is 0.646 bits per heavy atom. The second kappa shape index (κ2) is 20.3. The third kappa shape index (κ3) is 12.6. The largest absolute Gasteiger partial charge is 0.389 e.